The van der Waals surface area contributed by atoms with E-state index in [2.05, 4.69) is 17.6 Å². The molecule has 8 heteroatoms. The summed E-state index contributed by atoms with van der Waals surface area (Å²) in [6.07, 6.45) is 3.27. The van der Waals surface area contributed by atoms with Gasteiger partial charge in [-0.05, 0) is 31.0 Å². The number of hydrogen-bond donors (Lipinski definition) is 3. The summed E-state index contributed by atoms with van der Waals surface area (Å²) in [5, 5.41) is 5.50. The number of amides is 4. The van der Waals surface area contributed by atoms with Gasteiger partial charge >= 0.3 is 0 Å². The van der Waals surface area contributed by atoms with E-state index in [0.717, 1.165) is 24.2 Å². The Kier molecular flexibility index (Phi) is 5.55. The number of nitrogens with two attached hydrogens (primary N) is 1. The van der Waals surface area contributed by atoms with Gasteiger partial charge in [0, 0.05) is 24.7 Å². The molecule has 2 unspecified atom stereocenters. The van der Waals surface area contributed by atoms with Crippen LogP contribution in [-0.2, 0) is 9.59 Å². The Morgan fingerprint density at radius 1 is 1.22 bits per heavy atom. The summed E-state index contributed by atoms with van der Waals surface area (Å²) >= 11 is 0. The number of fused-ring (bicyclic) bond motifs is 1. The van der Waals surface area contributed by atoms with Crippen molar-refractivity contribution in [1.29, 1.82) is 0 Å². The number of rotatable bonds is 7. The van der Waals surface area contributed by atoms with E-state index >= 15 is 0 Å². The zero-order valence-electron chi connectivity index (χ0n) is 15.3. The molecule has 1 aromatic carbocycles. The van der Waals surface area contributed by atoms with Gasteiger partial charge in [-0.2, -0.15) is 0 Å². The lowest BCUT2D eigenvalue weighted by atomic mass is 10.0. The molecule has 0 spiro atoms. The Morgan fingerprint density at radius 2 is 1.96 bits per heavy atom. The van der Waals surface area contributed by atoms with Crippen LogP contribution < -0.4 is 16.4 Å². The Labute approximate surface area is 157 Å². The van der Waals surface area contributed by atoms with Crippen LogP contribution in [0.4, 0.5) is 5.69 Å². The lowest BCUT2D eigenvalue weighted by Gasteiger charge is -2.27. The van der Waals surface area contributed by atoms with Gasteiger partial charge in [0.15, 0.2) is 0 Å². The molecule has 27 heavy (non-hydrogen) atoms. The minimum absolute atomic E-state index is 0.0847. The van der Waals surface area contributed by atoms with E-state index in [1.54, 1.807) is 18.2 Å². The van der Waals surface area contributed by atoms with E-state index < -0.39 is 23.8 Å². The number of hydrogen-bond acceptors (Lipinski definition) is 6. The molecule has 0 bridgehead atoms. The van der Waals surface area contributed by atoms with Gasteiger partial charge in [0.05, 0.1) is 11.1 Å². The van der Waals surface area contributed by atoms with E-state index in [4.69, 9.17) is 5.73 Å². The second-order valence-electron chi connectivity index (χ2n) is 6.93. The van der Waals surface area contributed by atoms with Crippen molar-refractivity contribution in [3.05, 3.63) is 29.3 Å². The maximum atomic E-state index is 12.8. The molecule has 144 valence electrons. The molecule has 1 saturated heterocycles. The fraction of sp³-hybridized carbons (Fsp3) is 0.474. The number of carbonyl (C=O) groups excluding carboxylic acids is 4. The summed E-state index contributed by atoms with van der Waals surface area (Å²) in [6.45, 7) is 2.57. The molecule has 8 nitrogen and oxygen atoms in total. The van der Waals surface area contributed by atoms with Crippen LogP contribution in [0, 0.1) is 0 Å². The molecule has 2 aliphatic rings. The van der Waals surface area contributed by atoms with Gasteiger partial charge in [0.1, 0.15) is 6.04 Å². The van der Waals surface area contributed by atoms with Crippen molar-refractivity contribution < 1.29 is 19.2 Å². The minimum atomic E-state index is -0.951. The molecule has 0 radical (unpaired) electrons. The molecule has 1 aromatic rings. The van der Waals surface area contributed by atoms with Crippen molar-refractivity contribution in [3.63, 3.8) is 0 Å². The first-order valence-electron chi connectivity index (χ1n) is 9.28. The Hall–Kier alpha value is -2.74. The normalized spacial score (nSPS) is 20.5. The Bertz CT molecular complexity index is 792. The second-order valence-corrected chi connectivity index (χ2v) is 6.93. The monoisotopic (exact) mass is 372 g/mol. The van der Waals surface area contributed by atoms with Gasteiger partial charge in [-0.1, -0.05) is 19.8 Å². The van der Waals surface area contributed by atoms with Crippen molar-refractivity contribution in [2.24, 2.45) is 5.73 Å². The van der Waals surface area contributed by atoms with E-state index in [9.17, 15) is 19.2 Å². The van der Waals surface area contributed by atoms with Gasteiger partial charge in [-0.15, -0.1) is 0 Å². The highest BCUT2D eigenvalue weighted by Gasteiger charge is 2.44. The maximum absolute atomic E-state index is 12.8. The highest BCUT2D eigenvalue weighted by Crippen LogP contribution is 2.29. The molecular formula is C19H24N4O4. The Balaban J connectivity index is 1.80. The first-order chi connectivity index (χ1) is 13.0. The number of unbranched alkanes of at least 4 members (excludes halogenated alkanes) is 1. The average Bonchev–Trinajstić information content (AvgIpc) is 2.89. The third-order valence-electron chi connectivity index (χ3n) is 5.00. The highest BCUT2D eigenvalue weighted by molar-refractivity contribution is 6.23. The SMILES string of the molecule is CCCCC(CN)Nc1ccc2c(c1)C(=O)N(C1CCC(=O)NC1=O)C2=O. The summed E-state index contributed by atoms with van der Waals surface area (Å²) in [5.74, 6) is -2.01. The number of nitrogens with one attached hydrogen (secondary N) is 2. The van der Waals surface area contributed by atoms with Crippen molar-refractivity contribution in [2.45, 2.75) is 51.1 Å². The number of anilines is 1. The molecule has 4 N–H and O–H groups in total. The average molecular weight is 372 g/mol. The molecule has 0 aromatic heterocycles. The quantitative estimate of drug-likeness (QED) is 0.614. The van der Waals surface area contributed by atoms with Crippen LogP contribution in [0.15, 0.2) is 18.2 Å². The van der Waals surface area contributed by atoms with Crippen LogP contribution >= 0.6 is 0 Å². The predicted octanol–water partition coefficient (Wildman–Crippen LogP) is 1.02. The molecule has 0 saturated carbocycles. The van der Waals surface area contributed by atoms with Crippen LogP contribution in [0.2, 0.25) is 0 Å². The van der Waals surface area contributed by atoms with E-state index in [1.807, 2.05) is 0 Å². The molecular weight excluding hydrogens is 348 g/mol. The first kappa shape index (κ1) is 19.0. The van der Waals surface area contributed by atoms with Crippen molar-refractivity contribution in [3.8, 4) is 0 Å². The van der Waals surface area contributed by atoms with Crippen molar-refractivity contribution in [2.75, 3.05) is 11.9 Å². The largest absolute Gasteiger partial charge is 0.381 e. The second kappa shape index (κ2) is 7.87. The molecule has 2 aliphatic heterocycles. The van der Waals surface area contributed by atoms with Crippen LogP contribution in [0.1, 0.15) is 59.7 Å². The zero-order valence-corrected chi connectivity index (χ0v) is 15.3. The van der Waals surface area contributed by atoms with E-state index in [0.29, 0.717) is 12.2 Å². The van der Waals surface area contributed by atoms with E-state index in [1.165, 1.54) is 0 Å². The molecule has 3 rings (SSSR count). The number of carbonyl (C=O) groups is 4. The summed E-state index contributed by atoms with van der Waals surface area (Å²) in [4.78, 5) is 49.8. The summed E-state index contributed by atoms with van der Waals surface area (Å²) in [6, 6.07) is 4.11. The summed E-state index contributed by atoms with van der Waals surface area (Å²) < 4.78 is 0. The molecule has 1 fully saturated rings. The zero-order chi connectivity index (χ0) is 19.6. The number of imide groups is 2. The first-order valence-corrected chi connectivity index (χ1v) is 9.28. The summed E-state index contributed by atoms with van der Waals surface area (Å²) in [5.41, 5.74) is 7.06. The van der Waals surface area contributed by atoms with E-state index in [-0.39, 0.29) is 35.9 Å². The number of nitrogens with zero attached hydrogens (tertiary/aromatic N) is 1. The van der Waals surface area contributed by atoms with Gasteiger partial charge in [0.25, 0.3) is 11.8 Å². The van der Waals surface area contributed by atoms with Crippen LogP contribution in [-0.4, -0.2) is 47.2 Å². The lowest BCUT2D eigenvalue weighted by Crippen LogP contribution is -2.54. The van der Waals surface area contributed by atoms with Crippen LogP contribution in [0.3, 0.4) is 0 Å². The Morgan fingerprint density at radius 3 is 2.63 bits per heavy atom. The topological polar surface area (TPSA) is 122 Å². The number of piperidine rings is 1. The van der Waals surface area contributed by atoms with Gasteiger partial charge < -0.3 is 11.1 Å². The fourth-order valence-corrected chi connectivity index (χ4v) is 3.50. The smallest absolute Gasteiger partial charge is 0.262 e. The van der Waals surface area contributed by atoms with Crippen molar-refractivity contribution in [1.82, 2.24) is 10.2 Å². The van der Waals surface area contributed by atoms with Crippen LogP contribution in [0.5, 0.6) is 0 Å². The molecule has 2 heterocycles. The fourth-order valence-electron chi connectivity index (χ4n) is 3.50. The minimum Gasteiger partial charge on any atom is -0.381 e. The van der Waals surface area contributed by atoms with Gasteiger partial charge in [0.2, 0.25) is 11.8 Å². The third-order valence-corrected chi connectivity index (χ3v) is 5.00. The summed E-state index contributed by atoms with van der Waals surface area (Å²) in [7, 11) is 0. The maximum Gasteiger partial charge on any atom is 0.262 e. The number of benzene rings is 1. The molecule has 2 atom stereocenters. The molecule has 0 aliphatic carbocycles. The lowest BCUT2D eigenvalue weighted by molar-refractivity contribution is -0.136. The predicted molar refractivity (Wildman–Crippen MR) is 99.1 cm³/mol. The standard InChI is InChI=1S/C19H24N4O4/c1-2-3-4-12(10-20)21-11-5-6-13-14(9-11)19(27)23(18(13)26)15-7-8-16(24)22-17(15)25/h5-6,9,12,15,21H,2-4,7-8,10,20H2,1H3,(H,22,24,25). The third kappa shape index (κ3) is 3.71. The highest BCUT2D eigenvalue weighted by atomic mass is 16.2. The molecule has 4 amide bonds. The van der Waals surface area contributed by atoms with Gasteiger partial charge in [-0.3, -0.25) is 29.4 Å². The van der Waals surface area contributed by atoms with Gasteiger partial charge in [-0.25, -0.2) is 0 Å². The van der Waals surface area contributed by atoms with Crippen molar-refractivity contribution >= 4 is 29.3 Å². The van der Waals surface area contributed by atoms with Crippen LogP contribution in [0.25, 0.3) is 0 Å².